The minimum Gasteiger partial charge on any atom is -0.493 e. The number of primary amides is 1. The van der Waals surface area contributed by atoms with Gasteiger partial charge in [-0.15, -0.1) is 0 Å². The molecule has 146 valence electrons. The molecule has 0 aliphatic carbocycles. The van der Waals surface area contributed by atoms with Crippen LogP contribution in [-0.4, -0.2) is 37.7 Å². The number of rotatable bonds is 7. The molecule has 0 atom stereocenters. The number of benzene rings is 2. The molecule has 2 aromatic rings. The number of anilines is 1. The average molecular weight is 388 g/mol. The van der Waals surface area contributed by atoms with Crippen LogP contribution in [-0.2, 0) is 14.4 Å². The fraction of sp³-hybridized carbons (Fsp3) is 0.111. The van der Waals surface area contributed by atoms with Crippen LogP contribution in [0.1, 0.15) is 5.56 Å². The third kappa shape index (κ3) is 5.80. The summed E-state index contributed by atoms with van der Waals surface area (Å²) in [7, 11) is 1.40. The van der Waals surface area contributed by atoms with Gasteiger partial charge in [-0.1, -0.05) is 12.1 Å². The lowest BCUT2D eigenvalue weighted by Crippen LogP contribution is -2.32. The Kier molecular flexibility index (Phi) is 7.03. The zero-order valence-corrected chi connectivity index (χ0v) is 14.8. The van der Waals surface area contributed by atoms with E-state index in [9.17, 15) is 18.8 Å². The summed E-state index contributed by atoms with van der Waals surface area (Å²) >= 11 is 0. The quantitative estimate of drug-likeness (QED) is 0.366. The van der Waals surface area contributed by atoms with Gasteiger partial charge in [-0.05, 0) is 35.9 Å². The van der Waals surface area contributed by atoms with E-state index in [2.05, 4.69) is 10.4 Å². The lowest BCUT2D eigenvalue weighted by Gasteiger charge is -2.09. The zero-order valence-electron chi connectivity index (χ0n) is 14.8. The number of carbonyl (C=O) groups is 3. The Hall–Kier alpha value is -3.95. The van der Waals surface area contributed by atoms with E-state index in [1.807, 2.05) is 5.43 Å². The number of hydrogen-bond donors (Lipinski definition) is 3. The molecule has 2 aromatic carbocycles. The summed E-state index contributed by atoms with van der Waals surface area (Å²) in [6, 6.07) is 10.1. The molecule has 0 saturated heterocycles. The van der Waals surface area contributed by atoms with Gasteiger partial charge in [0.1, 0.15) is 5.82 Å². The van der Waals surface area contributed by atoms with E-state index in [0.717, 1.165) is 6.07 Å². The molecule has 0 aromatic heterocycles. The average Bonchev–Trinajstić information content (AvgIpc) is 2.68. The molecule has 10 heteroatoms. The van der Waals surface area contributed by atoms with Crippen molar-refractivity contribution >= 4 is 29.6 Å². The van der Waals surface area contributed by atoms with Gasteiger partial charge >= 0.3 is 11.8 Å². The predicted octanol–water partition coefficient (Wildman–Crippen LogP) is 0.787. The highest BCUT2D eigenvalue weighted by Crippen LogP contribution is 2.27. The Bertz CT molecular complexity index is 917. The van der Waals surface area contributed by atoms with Crippen LogP contribution in [0.25, 0.3) is 0 Å². The second-order valence-corrected chi connectivity index (χ2v) is 5.30. The molecule has 0 unspecified atom stereocenters. The van der Waals surface area contributed by atoms with Crippen molar-refractivity contribution in [3.8, 4) is 11.5 Å². The number of halogens is 1. The Labute approximate surface area is 159 Å². The van der Waals surface area contributed by atoms with Gasteiger partial charge in [0.15, 0.2) is 18.1 Å². The van der Waals surface area contributed by atoms with Crippen LogP contribution in [0.3, 0.4) is 0 Å². The first-order chi connectivity index (χ1) is 13.4. The number of methoxy groups -OCH3 is 1. The first-order valence-electron chi connectivity index (χ1n) is 7.88. The highest BCUT2D eigenvalue weighted by atomic mass is 19.1. The summed E-state index contributed by atoms with van der Waals surface area (Å²) in [5, 5.41) is 5.79. The fourth-order valence-corrected chi connectivity index (χ4v) is 1.99. The van der Waals surface area contributed by atoms with Crippen LogP contribution >= 0.6 is 0 Å². The van der Waals surface area contributed by atoms with Crippen molar-refractivity contribution in [2.45, 2.75) is 0 Å². The van der Waals surface area contributed by atoms with E-state index in [1.165, 1.54) is 43.7 Å². The lowest BCUT2D eigenvalue weighted by molar-refractivity contribution is -0.136. The summed E-state index contributed by atoms with van der Waals surface area (Å²) in [5.74, 6) is -2.84. The first kappa shape index (κ1) is 20.4. The molecule has 0 aliphatic rings. The maximum atomic E-state index is 13.5. The van der Waals surface area contributed by atoms with Crippen molar-refractivity contribution in [3.63, 3.8) is 0 Å². The van der Waals surface area contributed by atoms with Gasteiger partial charge in [0.2, 0.25) is 0 Å². The van der Waals surface area contributed by atoms with Gasteiger partial charge in [-0.3, -0.25) is 14.4 Å². The van der Waals surface area contributed by atoms with E-state index in [4.69, 9.17) is 15.2 Å². The second kappa shape index (κ2) is 9.67. The minimum absolute atomic E-state index is 0.122. The molecule has 3 amide bonds. The third-order valence-corrected chi connectivity index (χ3v) is 3.27. The molecule has 0 heterocycles. The Morgan fingerprint density at radius 2 is 1.89 bits per heavy atom. The van der Waals surface area contributed by atoms with Crippen molar-refractivity contribution in [1.82, 2.24) is 5.43 Å². The van der Waals surface area contributed by atoms with Crippen molar-refractivity contribution in [3.05, 3.63) is 53.8 Å². The van der Waals surface area contributed by atoms with Gasteiger partial charge in [0.25, 0.3) is 5.91 Å². The van der Waals surface area contributed by atoms with Crippen molar-refractivity contribution in [2.75, 3.05) is 19.0 Å². The van der Waals surface area contributed by atoms with E-state index in [-0.39, 0.29) is 12.3 Å². The van der Waals surface area contributed by atoms with Crippen LogP contribution in [0.15, 0.2) is 47.6 Å². The zero-order chi connectivity index (χ0) is 20.5. The molecule has 9 nitrogen and oxygen atoms in total. The topological polar surface area (TPSA) is 132 Å². The normalized spacial score (nSPS) is 10.4. The Balaban J connectivity index is 1.96. The van der Waals surface area contributed by atoms with Gasteiger partial charge in [0.05, 0.1) is 19.0 Å². The molecule has 0 bridgehead atoms. The smallest absolute Gasteiger partial charge is 0.329 e. The highest BCUT2D eigenvalue weighted by Gasteiger charge is 2.14. The van der Waals surface area contributed by atoms with Crippen LogP contribution in [0.5, 0.6) is 11.5 Å². The largest absolute Gasteiger partial charge is 0.493 e. The summed E-state index contributed by atoms with van der Waals surface area (Å²) in [5.41, 5.74) is 7.43. The SMILES string of the molecule is COc1cc(/C=N/NC(=O)C(=O)Nc2ccccc2F)ccc1OCC(N)=O. The molecule has 0 radical (unpaired) electrons. The number of hydrazone groups is 1. The molecular formula is C18H17FN4O5. The molecule has 0 saturated carbocycles. The van der Waals surface area contributed by atoms with Crippen LogP contribution < -0.4 is 25.9 Å². The maximum Gasteiger partial charge on any atom is 0.329 e. The molecule has 0 fully saturated rings. The van der Waals surface area contributed by atoms with Crippen molar-refractivity contribution in [1.29, 1.82) is 0 Å². The number of nitrogens with zero attached hydrogens (tertiary/aromatic N) is 1. The van der Waals surface area contributed by atoms with Gasteiger partial charge in [-0.25, -0.2) is 9.82 Å². The Morgan fingerprint density at radius 1 is 1.14 bits per heavy atom. The lowest BCUT2D eigenvalue weighted by atomic mass is 10.2. The maximum absolute atomic E-state index is 13.5. The molecule has 0 aliphatic heterocycles. The van der Waals surface area contributed by atoms with E-state index in [0.29, 0.717) is 17.1 Å². The Morgan fingerprint density at radius 3 is 2.57 bits per heavy atom. The number of nitrogens with one attached hydrogen (secondary N) is 2. The number of carbonyl (C=O) groups excluding carboxylic acids is 3. The van der Waals surface area contributed by atoms with Crippen molar-refractivity contribution in [2.24, 2.45) is 10.8 Å². The number of nitrogens with two attached hydrogens (primary N) is 1. The summed E-state index contributed by atoms with van der Waals surface area (Å²) in [6.07, 6.45) is 1.26. The number of ether oxygens (including phenoxy) is 2. The molecule has 4 N–H and O–H groups in total. The molecule has 28 heavy (non-hydrogen) atoms. The van der Waals surface area contributed by atoms with Gasteiger partial charge in [0, 0.05) is 0 Å². The minimum atomic E-state index is -1.08. The number of para-hydroxylation sites is 1. The molecule has 0 spiro atoms. The van der Waals surface area contributed by atoms with Crippen LogP contribution in [0, 0.1) is 5.82 Å². The predicted molar refractivity (Wildman–Crippen MR) is 98.4 cm³/mol. The van der Waals surface area contributed by atoms with Crippen LogP contribution in [0.4, 0.5) is 10.1 Å². The third-order valence-electron chi connectivity index (χ3n) is 3.27. The van der Waals surface area contributed by atoms with Gasteiger partial charge < -0.3 is 20.5 Å². The van der Waals surface area contributed by atoms with E-state index >= 15 is 0 Å². The molecule has 2 rings (SSSR count). The first-order valence-corrected chi connectivity index (χ1v) is 7.88. The van der Waals surface area contributed by atoms with Crippen LogP contribution in [0.2, 0.25) is 0 Å². The van der Waals surface area contributed by atoms with E-state index in [1.54, 1.807) is 6.07 Å². The monoisotopic (exact) mass is 388 g/mol. The second-order valence-electron chi connectivity index (χ2n) is 5.30. The van der Waals surface area contributed by atoms with Crippen molar-refractivity contribution < 1.29 is 28.2 Å². The van der Waals surface area contributed by atoms with E-state index < -0.39 is 23.5 Å². The highest BCUT2D eigenvalue weighted by molar-refractivity contribution is 6.39. The summed E-state index contributed by atoms with van der Waals surface area (Å²) in [4.78, 5) is 34.2. The number of hydrogen-bond acceptors (Lipinski definition) is 6. The fourth-order valence-electron chi connectivity index (χ4n) is 1.99. The molecular weight excluding hydrogens is 371 g/mol. The van der Waals surface area contributed by atoms with Gasteiger partial charge in [-0.2, -0.15) is 5.10 Å². The summed E-state index contributed by atoms with van der Waals surface area (Å²) in [6.45, 7) is -0.309. The summed E-state index contributed by atoms with van der Waals surface area (Å²) < 4.78 is 23.8. The number of amides is 3. The standard InChI is InChI=1S/C18H17FN4O5/c1-27-15-8-11(6-7-14(15)28-10-16(20)24)9-21-23-18(26)17(25)22-13-5-3-2-4-12(13)19/h2-9H,10H2,1H3,(H2,20,24)(H,22,25)(H,23,26)/b21-9+.